The molecule has 0 radical (unpaired) electrons. The number of ether oxygens (including phenoxy) is 7. The first kappa shape index (κ1) is 78.7. The molecule has 6 heterocycles. The van der Waals surface area contributed by atoms with Crippen LogP contribution in [0.15, 0.2) is 119 Å². The van der Waals surface area contributed by atoms with Gasteiger partial charge in [-0.15, -0.1) is 0 Å². The first-order chi connectivity index (χ1) is 50.3. The van der Waals surface area contributed by atoms with E-state index in [0.29, 0.717) is 22.6 Å². The van der Waals surface area contributed by atoms with Gasteiger partial charge >= 0.3 is 0 Å². The van der Waals surface area contributed by atoms with Gasteiger partial charge in [0, 0.05) is 12.3 Å². The summed E-state index contributed by atoms with van der Waals surface area (Å²) < 4.78 is 40.9. The SMILES string of the molecule is CC(c1ccccc1)C1NC(=O)CNC(=O)C(CO)NC(=O)C(C(O)C2CN=C(N)N2C2OC(CO)C(O)C(O)C2O)NC(=O)C(C(O)C2CN=C(N)N2)NC(=O)C(Cc2ccc(OC3OC(CO)C(OC4OC(COCc5ccc(Oc6ccccc6)cc5)C(O)C(O)C4O)C(O)C3O)cc2)NC1=O. The van der Waals surface area contributed by atoms with Crippen LogP contribution in [0.2, 0.25) is 0 Å². The molecule has 4 fully saturated rings. The smallest absolute Gasteiger partial charge is 0.246 e. The average molecular weight is 1480 g/mol. The Morgan fingerprint density at radius 3 is 1.76 bits per heavy atom. The highest BCUT2D eigenvalue weighted by Crippen LogP contribution is 2.33. The molecule has 4 saturated heterocycles. The molecular formula is C67H88N12O26. The molecule has 4 aromatic rings. The fourth-order valence-corrected chi connectivity index (χ4v) is 12.8. The molecule has 38 nitrogen and oxygen atoms in total. The zero-order chi connectivity index (χ0) is 75.5. The largest absolute Gasteiger partial charge is 0.462 e. The van der Waals surface area contributed by atoms with Crippen LogP contribution in [0.5, 0.6) is 17.2 Å². The van der Waals surface area contributed by atoms with E-state index in [0.717, 1.165) is 4.90 Å². The molecule has 0 bridgehead atoms. The number of hydrogen-bond donors (Lipinski definition) is 22. The Morgan fingerprint density at radius 2 is 1.10 bits per heavy atom. The predicted molar refractivity (Wildman–Crippen MR) is 359 cm³/mol. The lowest BCUT2D eigenvalue weighted by atomic mass is 9.92. The van der Waals surface area contributed by atoms with Crippen molar-refractivity contribution in [3.8, 4) is 17.2 Å². The van der Waals surface area contributed by atoms with E-state index in [1.54, 1.807) is 73.7 Å². The Labute approximate surface area is 598 Å². The van der Waals surface area contributed by atoms with Crippen LogP contribution in [0.25, 0.3) is 0 Å². The third-order valence-corrected chi connectivity index (χ3v) is 18.8. The van der Waals surface area contributed by atoms with Gasteiger partial charge in [-0.05, 0) is 53.1 Å². The zero-order valence-corrected chi connectivity index (χ0v) is 56.3. The highest BCUT2D eigenvalue weighted by atomic mass is 16.7. The number of nitrogens with zero attached hydrogens (tertiary/aromatic N) is 3. The molecule has 25 unspecified atom stereocenters. The lowest BCUT2D eigenvalue weighted by molar-refractivity contribution is -0.353. The number of hydrogen-bond acceptors (Lipinski definition) is 32. The topological polar surface area (TPSA) is 594 Å². The minimum Gasteiger partial charge on any atom is -0.462 e. The molecule has 25 atom stereocenters. The number of nitrogens with two attached hydrogens (primary N) is 2. The molecule has 0 spiro atoms. The minimum absolute atomic E-state index is 0.0207. The molecule has 0 aliphatic carbocycles. The van der Waals surface area contributed by atoms with Crippen molar-refractivity contribution in [3.63, 3.8) is 0 Å². The van der Waals surface area contributed by atoms with Crippen molar-refractivity contribution in [2.75, 3.05) is 46.1 Å². The summed E-state index contributed by atoms with van der Waals surface area (Å²) in [4.78, 5) is 96.7. The van der Waals surface area contributed by atoms with Gasteiger partial charge in [0.05, 0.1) is 64.8 Å². The van der Waals surface area contributed by atoms with Crippen molar-refractivity contribution in [2.24, 2.45) is 21.5 Å². The lowest BCUT2D eigenvalue weighted by Crippen LogP contribution is -2.70. The van der Waals surface area contributed by atoms with Crippen LogP contribution in [0.3, 0.4) is 0 Å². The summed E-state index contributed by atoms with van der Waals surface area (Å²) in [7, 11) is 0. The van der Waals surface area contributed by atoms with Crippen LogP contribution >= 0.6 is 0 Å². The lowest BCUT2D eigenvalue weighted by Gasteiger charge is -2.46. The quantitative estimate of drug-likeness (QED) is 0.0347. The summed E-state index contributed by atoms with van der Waals surface area (Å²) >= 11 is 0. The maximum Gasteiger partial charge on any atom is 0.246 e. The van der Waals surface area contributed by atoms with Crippen LogP contribution in [-0.2, 0) is 65.5 Å². The van der Waals surface area contributed by atoms with E-state index in [2.05, 4.69) is 47.2 Å². The second kappa shape index (κ2) is 35.5. The number of aliphatic imine (C=N–C) groups is 2. The number of nitrogens with one attached hydrogen (secondary N) is 7. The Morgan fingerprint density at radius 1 is 0.533 bits per heavy atom. The molecule has 572 valence electrons. The molecule has 105 heavy (non-hydrogen) atoms. The number of amides is 6. The molecule has 6 amide bonds. The Balaban J connectivity index is 0.879. The van der Waals surface area contributed by atoms with Gasteiger partial charge in [0.1, 0.15) is 133 Å². The summed E-state index contributed by atoms with van der Waals surface area (Å²) in [5, 5.41) is 161. The summed E-state index contributed by atoms with van der Waals surface area (Å²) in [6, 6.07) is 16.9. The predicted octanol–water partition coefficient (Wildman–Crippen LogP) is -9.59. The highest BCUT2D eigenvalue weighted by molar-refractivity contribution is 5.98. The van der Waals surface area contributed by atoms with E-state index in [9.17, 15) is 85.6 Å². The maximum atomic E-state index is 15.2. The summed E-state index contributed by atoms with van der Waals surface area (Å²) in [5.74, 6) is -7.81. The van der Waals surface area contributed by atoms with Gasteiger partial charge < -0.3 is 153 Å². The number of benzene rings is 4. The molecule has 4 aromatic carbocycles. The third kappa shape index (κ3) is 18.7. The molecule has 6 aliphatic heterocycles. The van der Waals surface area contributed by atoms with E-state index >= 15 is 9.59 Å². The molecule has 0 aromatic heterocycles. The first-order valence-corrected chi connectivity index (χ1v) is 33.7. The third-order valence-electron chi connectivity index (χ3n) is 18.8. The molecular weight excluding hydrogens is 1390 g/mol. The zero-order valence-electron chi connectivity index (χ0n) is 56.3. The van der Waals surface area contributed by atoms with Crippen molar-refractivity contribution < 1.29 is 128 Å². The van der Waals surface area contributed by atoms with Crippen LogP contribution in [0, 0.1) is 0 Å². The monoisotopic (exact) mass is 1480 g/mol. The van der Waals surface area contributed by atoms with E-state index in [1.165, 1.54) is 24.3 Å². The Bertz CT molecular complexity index is 3650. The van der Waals surface area contributed by atoms with E-state index < -0.39 is 233 Å². The number of para-hydroxylation sites is 1. The minimum atomic E-state index is -2.35. The van der Waals surface area contributed by atoms with Gasteiger partial charge in [-0.2, -0.15) is 0 Å². The number of carbonyl (C=O) groups is 6. The van der Waals surface area contributed by atoms with Crippen molar-refractivity contribution in [1.29, 1.82) is 0 Å². The van der Waals surface area contributed by atoms with Gasteiger partial charge in [-0.25, -0.2) is 0 Å². The average Bonchev–Trinajstić information content (AvgIpc) is 1.76. The number of aliphatic hydroxyl groups is 13. The fraction of sp³-hybridized carbons (Fsp3) is 0.522. The number of carbonyl (C=O) groups excluding carboxylic acids is 6. The Kier molecular flexibility index (Phi) is 26.6. The second-order valence-corrected chi connectivity index (χ2v) is 26.0. The van der Waals surface area contributed by atoms with E-state index in [4.69, 9.17) is 44.6 Å². The van der Waals surface area contributed by atoms with Crippen molar-refractivity contribution in [3.05, 3.63) is 126 Å². The highest BCUT2D eigenvalue weighted by Gasteiger charge is 2.54. The van der Waals surface area contributed by atoms with Crippen molar-refractivity contribution in [1.82, 2.24) is 42.1 Å². The molecule has 24 N–H and O–H groups in total. The molecule has 0 saturated carbocycles. The molecule has 38 heteroatoms. The van der Waals surface area contributed by atoms with Gasteiger partial charge in [0.25, 0.3) is 0 Å². The van der Waals surface area contributed by atoms with Crippen LogP contribution in [0.1, 0.15) is 29.5 Å². The fourth-order valence-electron chi connectivity index (χ4n) is 12.8. The summed E-state index contributed by atoms with van der Waals surface area (Å²) in [6.45, 7) is -3.48. The van der Waals surface area contributed by atoms with Crippen LogP contribution in [-0.4, -0.2) is 311 Å². The Hall–Kier alpha value is -8.88. The van der Waals surface area contributed by atoms with Gasteiger partial charge in [0.15, 0.2) is 24.4 Å². The number of guanidine groups is 2. The number of rotatable bonds is 22. The summed E-state index contributed by atoms with van der Waals surface area (Å²) in [5.41, 5.74) is 13.6. The van der Waals surface area contributed by atoms with Crippen molar-refractivity contribution in [2.45, 2.75) is 172 Å². The maximum absolute atomic E-state index is 15.2. The molecule has 10 rings (SSSR count). The normalized spacial score (nSPS) is 34.0. The van der Waals surface area contributed by atoms with Gasteiger partial charge in [-0.1, -0.05) is 79.7 Å². The number of aliphatic hydroxyl groups excluding tert-OH is 13. The standard InChI is InChI=1S/C67H88N12O26/c1-29(32-8-4-2-5-9-32)44-60(96)73-36(20-30-12-16-35(17-13-30)101-64-56(93)53(90)57(41(26-82)103-64)105-65-55(92)52(89)50(87)42(104-65)28-99-27-31-14-18-34(19-15-31)100-33-10-6-3-7-11-33)59(95)77-45(47(84)37-21-71-66(68)75-37)62(98)78-46(61(97)74-38(24-80)58(94)70-23-43(83)76-44)48(85)39-22-72-67(69)79(39)63-54(91)51(88)49(86)40(25-81)102-63/h2-19,29,36-42,44-57,63-65,80-82,84-93H,20-28H2,1H3,(H2,69,72)(H,70,94)(H,73,96)(H,74,97)(H,76,83)(H,77,95)(H,78,98)(H3,68,71,75). The van der Waals surface area contributed by atoms with Gasteiger partial charge in [0.2, 0.25) is 41.7 Å². The molecule has 6 aliphatic rings. The van der Waals surface area contributed by atoms with Crippen LogP contribution < -0.4 is 58.2 Å². The van der Waals surface area contributed by atoms with Crippen molar-refractivity contribution >= 4 is 47.4 Å². The van der Waals surface area contributed by atoms with Crippen LogP contribution in [0.4, 0.5) is 0 Å². The van der Waals surface area contributed by atoms with E-state index in [-0.39, 0.29) is 37.0 Å². The summed E-state index contributed by atoms with van der Waals surface area (Å²) in [6.07, 6.45) is -31.6. The first-order valence-electron chi connectivity index (χ1n) is 33.7. The van der Waals surface area contributed by atoms with E-state index in [1.807, 2.05) is 18.2 Å². The second-order valence-electron chi connectivity index (χ2n) is 26.0. The van der Waals surface area contributed by atoms with Gasteiger partial charge in [-0.3, -0.25) is 38.8 Å².